The van der Waals surface area contributed by atoms with Gasteiger partial charge in [0, 0.05) is 37.1 Å². The van der Waals surface area contributed by atoms with Gasteiger partial charge in [-0.05, 0) is 31.2 Å². The Hall–Kier alpha value is -2.92. The third-order valence-corrected chi connectivity index (χ3v) is 5.00. The first kappa shape index (κ1) is 19.8. The highest BCUT2D eigenvalue weighted by Gasteiger charge is 2.15. The SMILES string of the molecule is Cc1nc(NCCNS(=O)(=O)Cc2cc(F)ccc2F)cc(-n2cccn2)n1. The smallest absolute Gasteiger partial charge is 0.215 e. The summed E-state index contributed by atoms with van der Waals surface area (Å²) in [6.07, 6.45) is 3.37. The van der Waals surface area contributed by atoms with Gasteiger partial charge >= 0.3 is 0 Å². The summed E-state index contributed by atoms with van der Waals surface area (Å²) in [6, 6.07) is 6.14. The molecule has 0 saturated carbocycles. The van der Waals surface area contributed by atoms with E-state index in [1.807, 2.05) is 0 Å². The summed E-state index contributed by atoms with van der Waals surface area (Å²) < 4.78 is 54.8. The Morgan fingerprint density at radius 1 is 1.14 bits per heavy atom. The van der Waals surface area contributed by atoms with E-state index in [2.05, 4.69) is 25.1 Å². The van der Waals surface area contributed by atoms with Crippen LogP contribution in [0.1, 0.15) is 11.4 Å². The molecule has 148 valence electrons. The van der Waals surface area contributed by atoms with Gasteiger partial charge in [-0.1, -0.05) is 0 Å². The Balaban J connectivity index is 1.56. The maximum absolute atomic E-state index is 13.6. The third-order valence-electron chi connectivity index (χ3n) is 3.67. The van der Waals surface area contributed by atoms with Crippen molar-refractivity contribution in [1.29, 1.82) is 0 Å². The minimum atomic E-state index is -3.82. The van der Waals surface area contributed by atoms with Crippen LogP contribution in [0.3, 0.4) is 0 Å². The molecule has 3 aromatic rings. The second kappa shape index (κ2) is 8.40. The molecule has 0 saturated heterocycles. The number of sulfonamides is 1. The monoisotopic (exact) mass is 408 g/mol. The number of aromatic nitrogens is 4. The summed E-state index contributed by atoms with van der Waals surface area (Å²) in [4.78, 5) is 8.51. The van der Waals surface area contributed by atoms with E-state index in [1.165, 1.54) is 0 Å². The van der Waals surface area contributed by atoms with Crippen molar-refractivity contribution in [3.05, 3.63) is 65.7 Å². The van der Waals surface area contributed by atoms with Crippen LogP contribution in [0.4, 0.5) is 14.6 Å². The molecule has 0 radical (unpaired) electrons. The number of aryl methyl sites for hydroxylation is 1. The first-order valence-electron chi connectivity index (χ1n) is 8.33. The number of rotatable bonds is 8. The molecule has 0 amide bonds. The van der Waals surface area contributed by atoms with Crippen molar-refractivity contribution in [1.82, 2.24) is 24.5 Å². The molecule has 2 heterocycles. The molecule has 0 atom stereocenters. The van der Waals surface area contributed by atoms with Gasteiger partial charge in [0.05, 0.1) is 5.75 Å². The fourth-order valence-electron chi connectivity index (χ4n) is 2.47. The van der Waals surface area contributed by atoms with Gasteiger partial charge in [0.15, 0.2) is 5.82 Å². The van der Waals surface area contributed by atoms with Crippen molar-refractivity contribution in [2.24, 2.45) is 0 Å². The number of nitrogens with zero attached hydrogens (tertiary/aromatic N) is 4. The van der Waals surface area contributed by atoms with Crippen molar-refractivity contribution in [3.63, 3.8) is 0 Å². The van der Waals surface area contributed by atoms with E-state index in [-0.39, 0.29) is 18.7 Å². The predicted octanol–water partition coefficient (Wildman–Crippen LogP) is 1.78. The lowest BCUT2D eigenvalue weighted by atomic mass is 10.2. The highest BCUT2D eigenvalue weighted by Crippen LogP contribution is 2.13. The first-order chi connectivity index (χ1) is 13.3. The van der Waals surface area contributed by atoms with Crippen LogP contribution in [0.15, 0.2) is 42.7 Å². The second-order valence-electron chi connectivity index (χ2n) is 5.93. The lowest BCUT2D eigenvalue weighted by Gasteiger charge is -2.10. The molecule has 2 N–H and O–H groups in total. The van der Waals surface area contributed by atoms with Crippen LogP contribution < -0.4 is 10.0 Å². The summed E-state index contributed by atoms with van der Waals surface area (Å²) >= 11 is 0. The average Bonchev–Trinajstić information content (AvgIpc) is 3.16. The average molecular weight is 408 g/mol. The highest BCUT2D eigenvalue weighted by molar-refractivity contribution is 7.88. The van der Waals surface area contributed by atoms with Gasteiger partial charge in [-0.2, -0.15) is 5.10 Å². The van der Waals surface area contributed by atoms with Gasteiger partial charge in [-0.25, -0.2) is 36.6 Å². The molecule has 2 aromatic heterocycles. The number of anilines is 1. The molecule has 1 aromatic carbocycles. The van der Waals surface area contributed by atoms with Crippen LogP contribution in [0.2, 0.25) is 0 Å². The first-order valence-corrected chi connectivity index (χ1v) is 9.98. The number of benzene rings is 1. The van der Waals surface area contributed by atoms with Crippen molar-refractivity contribution < 1.29 is 17.2 Å². The Kier molecular flexibility index (Phi) is 5.95. The van der Waals surface area contributed by atoms with Crippen LogP contribution in [0.5, 0.6) is 0 Å². The lowest BCUT2D eigenvalue weighted by molar-refractivity contribution is 0.571. The summed E-state index contributed by atoms with van der Waals surface area (Å²) in [7, 11) is -3.82. The molecular weight excluding hydrogens is 390 g/mol. The van der Waals surface area contributed by atoms with Gasteiger partial charge in [-0.3, -0.25) is 0 Å². The molecule has 0 bridgehead atoms. The predicted molar refractivity (Wildman–Crippen MR) is 99.4 cm³/mol. The van der Waals surface area contributed by atoms with Gasteiger partial charge in [-0.15, -0.1) is 0 Å². The summed E-state index contributed by atoms with van der Waals surface area (Å²) in [5.74, 6) is -0.506. The number of hydrogen-bond acceptors (Lipinski definition) is 6. The molecule has 8 nitrogen and oxygen atoms in total. The van der Waals surface area contributed by atoms with Crippen molar-refractivity contribution in [2.45, 2.75) is 12.7 Å². The molecule has 0 aliphatic heterocycles. The molecule has 0 spiro atoms. The normalized spacial score (nSPS) is 11.5. The number of nitrogens with one attached hydrogen (secondary N) is 2. The van der Waals surface area contributed by atoms with Crippen molar-refractivity contribution in [3.8, 4) is 5.82 Å². The van der Waals surface area contributed by atoms with Crippen LogP contribution in [0.25, 0.3) is 5.82 Å². The zero-order valence-corrected chi connectivity index (χ0v) is 15.7. The van der Waals surface area contributed by atoms with Gasteiger partial charge < -0.3 is 5.32 Å². The maximum Gasteiger partial charge on any atom is 0.215 e. The van der Waals surface area contributed by atoms with Crippen molar-refractivity contribution in [2.75, 3.05) is 18.4 Å². The van der Waals surface area contributed by atoms with Gasteiger partial charge in [0.1, 0.15) is 23.3 Å². The molecular formula is C17H18F2N6O2S. The zero-order valence-electron chi connectivity index (χ0n) is 14.9. The minimum Gasteiger partial charge on any atom is -0.369 e. The topological polar surface area (TPSA) is 102 Å². The fourth-order valence-corrected chi connectivity index (χ4v) is 3.62. The van der Waals surface area contributed by atoms with E-state index < -0.39 is 27.4 Å². The van der Waals surface area contributed by atoms with Gasteiger partial charge in [0.2, 0.25) is 10.0 Å². The second-order valence-corrected chi connectivity index (χ2v) is 7.73. The van der Waals surface area contributed by atoms with E-state index in [9.17, 15) is 17.2 Å². The summed E-state index contributed by atoms with van der Waals surface area (Å²) in [5.41, 5.74) is -0.226. The largest absolute Gasteiger partial charge is 0.369 e. The summed E-state index contributed by atoms with van der Waals surface area (Å²) in [5, 5.41) is 7.09. The molecule has 28 heavy (non-hydrogen) atoms. The van der Waals surface area contributed by atoms with Crippen LogP contribution in [-0.2, 0) is 15.8 Å². The quantitative estimate of drug-likeness (QED) is 0.551. The fraction of sp³-hybridized carbons (Fsp3) is 0.235. The Labute approximate surface area is 160 Å². The van der Waals surface area contributed by atoms with E-state index in [4.69, 9.17) is 0 Å². The van der Waals surface area contributed by atoms with Crippen LogP contribution in [0, 0.1) is 18.6 Å². The lowest BCUT2D eigenvalue weighted by Crippen LogP contribution is -2.30. The molecule has 0 aliphatic carbocycles. The van der Waals surface area contributed by atoms with E-state index >= 15 is 0 Å². The minimum absolute atomic E-state index is 0.0411. The molecule has 0 aliphatic rings. The van der Waals surface area contributed by atoms with E-state index in [1.54, 1.807) is 36.1 Å². The zero-order chi connectivity index (χ0) is 20.1. The van der Waals surface area contributed by atoms with E-state index in [0.29, 0.717) is 17.5 Å². The van der Waals surface area contributed by atoms with E-state index in [0.717, 1.165) is 18.2 Å². The Morgan fingerprint density at radius 2 is 1.96 bits per heavy atom. The van der Waals surface area contributed by atoms with Crippen molar-refractivity contribution >= 4 is 15.8 Å². The number of halogens is 2. The molecule has 3 rings (SSSR count). The number of hydrogen-bond donors (Lipinski definition) is 2. The maximum atomic E-state index is 13.6. The van der Waals surface area contributed by atoms with Crippen LogP contribution >= 0.6 is 0 Å². The Morgan fingerprint density at radius 3 is 2.71 bits per heavy atom. The van der Waals surface area contributed by atoms with Crippen LogP contribution in [-0.4, -0.2) is 41.3 Å². The summed E-state index contributed by atoms with van der Waals surface area (Å²) in [6.45, 7) is 2.01. The molecule has 0 unspecified atom stereocenters. The third kappa shape index (κ3) is 5.30. The molecule has 0 fully saturated rings. The van der Waals surface area contributed by atoms with Gasteiger partial charge in [0.25, 0.3) is 0 Å². The molecule has 11 heteroatoms. The standard InChI is InChI=1S/C17H18F2N6O2S/c1-12-23-16(10-17(24-12)25-8-2-5-21-25)20-6-7-22-28(26,27)11-13-9-14(18)3-4-15(13)19/h2-5,8-10,22H,6-7,11H2,1H3,(H,20,23,24). The highest BCUT2D eigenvalue weighted by atomic mass is 32.2. The Bertz CT molecular complexity index is 1060.